The molecule has 1 N–H and O–H groups in total. The van der Waals surface area contributed by atoms with Gasteiger partial charge in [-0.2, -0.15) is 0 Å². The van der Waals surface area contributed by atoms with Crippen molar-refractivity contribution in [3.63, 3.8) is 0 Å². The van der Waals surface area contributed by atoms with E-state index in [-0.39, 0.29) is 6.03 Å². The molecule has 2 aromatic rings. The van der Waals surface area contributed by atoms with Gasteiger partial charge < -0.3 is 10.2 Å². The summed E-state index contributed by atoms with van der Waals surface area (Å²) in [6.45, 7) is 5.50. The highest BCUT2D eigenvalue weighted by Gasteiger charge is 2.08. The van der Waals surface area contributed by atoms with E-state index in [0.717, 1.165) is 18.4 Å². The highest BCUT2D eigenvalue weighted by molar-refractivity contribution is 5.73. The van der Waals surface area contributed by atoms with Crippen molar-refractivity contribution in [2.75, 3.05) is 13.6 Å². The molecule has 0 fully saturated rings. The van der Waals surface area contributed by atoms with E-state index in [9.17, 15) is 4.79 Å². The van der Waals surface area contributed by atoms with E-state index in [1.54, 1.807) is 4.90 Å². The van der Waals surface area contributed by atoms with E-state index >= 15 is 0 Å². The first kappa shape index (κ1) is 17.1. The number of amides is 2. The highest BCUT2D eigenvalue weighted by atomic mass is 16.2. The van der Waals surface area contributed by atoms with E-state index in [0.29, 0.717) is 13.1 Å². The van der Waals surface area contributed by atoms with E-state index in [4.69, 9.17) is 0 Å². The van der Waals surface area contributed by atoms with E-state index < -0.39 is 0 Å². The molecule has 0 spiro atoms. The van der Waals surface area contributed by atoms with E-state index in [1.165, 1.54) is 16.7 Å². The maximum absolute atomic E-state index is 12.1. The predicted molar refractivity (Wildman–Crippen MR) is 95.6 cm³/mol. The second-order valence-electron chi connectivity index (χ2n) is 6.00. The van der Waals surface area contributed by atoms with Gasteiger partial charge in [-0.3, -0.25) is 0 Å². The summed E-state index contributed by atoms with van der Waals surface area (Å²) in [6.07, 6.45) is 1.89. The molecule has 0 heterocycles. The minimum Gasteiger partial charge on any atom is -0.338 e. The Kier molecular flexibility index (Phi) is 6.21. The van der Waals surface area contributed by atoms with Crippen molar-refractivity contribution in [3.05, 3.63) is 70.8 Å². The fourth-order valence-corrected chi connectivity index (χ4v) is 2.54. The number of hydrogen-bond acceptors (Lipinski definition) is 1. The molecule has 23 heavy (non-hydrogen) atoms. The lowest BCUT2D eigenvalue weighted by molar-refractivity contribution is 0.207. The van der Waals surface area contributed by atoms with Gasteiger partial charge in [0.25, 0.3) is 0 Å². The van der Waals surface area contributed by atoms with Crippen molar-refractivity contribution >= 4 is 6.03 Å². The Hall–Kier alpha value is -2.29. The lowest BCUT2D eigenvalue weighted by Gasteiger charge is -2.18. The first-order valence-corrected chi connectivity index (χ1v) is 8.21. The summed E-state index contributed by atoms with van der Waals surface area (Å²) >= 11 is 0. The summed E-state index contributed by atoms with van der Waals surface area (Å²) in [5.41, 5.74) is 4.97. The Bertz CT molecular complexity index is 634. The Balaban J connectivity index is 1.78. The fourth-order valence-electron chi connectivity index (χ4n) is 2.54. The lowest BCUT2D eigenvalue weighted by atomic mass is 10.1. The third kappa shape index (κ3) is 5.44. The molecule has 0 bridgehead atoms. The van der Waals surface area contributed by atoms with Gasteiger partial charge in [0.2, 0.25) is 0 Å². The van der Waals surface area contributed by atoms with Crippen LogP contribution < -0.4 is 5.32 Å². The molecular weight excluding hydrogens is 284 g/mol. The average Bonchev–Trinajstić information content (AvgIpc) is 2.55. The van der Waals surface area contributed by atoms with Gasteiger partial charge in [0.1, 0.15) is 0 Å². The molecule has 0 aromatic heterocycles. The number of nitrogens with zero attached hydrogens (tertiary/aromatic N) is 1. The molecule has 0 saturated heterocycles. The van der Waals surface area contributed by atoms with Gasteiger partial charge >= 0.3 is 6.03 Å². The van der Waals surface area contributed by atoms with E-state index in [1.807, 2.05) is 7.05 Å². The lowest BCUT2D eigenvalue weighted by Crippen LogP contribution is -2.37. The topological polar surface area (TPSA) is 32.3 Å². The molecule has 0 aliphatic rings. The van der Waals surface area contributed by atoms with Gasteiger partial charge in [0.15, 0.2) is 0 Å². The van der Waals surface area contributed by atoms with Gasteiger partial charge in [0, 0.05) is 20.1 Å². The summed E-state index contributed by atoms with van der Waals surface area (Å²) < 4.78 is 0. The molecule has 122 valence electrons. The van der Waals surface area contributed by atoms with Gasteiger partial charge in [-0.1, -0.05) is 61.0 Å². The standard InChI is InChI=1S/C20H26N2O/c1-4-17-8-10-19(11-9-17)15-22(3)20(23)21-13-12-18-7-5-6-16(2)14-18/h5-11,14H,4,12-13,15H2,1-3H3,(H,21,23). The van der Waals surface area contributed by atoms with Crippen LogP contribution in [0.4, 0.5) is 4.79 Å². The van der Waals surface area contributed by atoms with Crippen molar-refractivity contribution in [2.45, 2.75) is 33.2 Å². The van der Waals surface area contributed by atoms with Crippen LogP contribution in [-0.4, -0.2) is 24.5 Å². The number of aryl methyl sites for hydroxylation is 2. The summed E-state index contributed by atoms with van der Waals surface area (Å²) in [5, 5.41) is 2.98. The third-order valence-corrected chi connectivity index (χ3v) is 3.97. The molecule has 3 nitrogen and oxygen atoms in total. The molecule has 2 amide bonds. The van der Waals surface area contributed by atoms with Gasteiger partial charge in [0.05, 0.1) is 0 Å². The second kappa shape index (κ2) is 8.37. The summed E-state index contributed by atoms with van der Waals surface area (Å²) in [7, 11) is 1.83. The molecule has 0 aliphatic carbocycles. The number of urea groups is 1. The van der Waals surface area contributed by atoms with Crippen molar-refractivity contribution in [3.8, 4) is 0 Å². The largest absolute Gasteiger partial charge is 0.338 e. The van der Waals surface area contributed by atoms with Crippen LogP contribution in [0.3, 0.4) is 0 Å². The molecule has 0 aliphatic heterocycles. The van der Waals surface area contributed by atoms with E-state index in [2.05, 4.69) is 67.7 Å². The summed E-state index contributed by atoms with van der Waals surface area (Å²) in [6, 6.07) is 16.8. The maximum atomic E-state index is 12.1. The second-order valence-corrected chi connectivity index (χ2v) is 6.00. The number of benzene rings is 2. The third-order valence-electron chi connectivity index (χ3n) is 3.97. The van der Waals surface area contributed by atoms with Crippen LogP contribution in [-0.2, 0) is 19.4 Å². The zero-order valence-electron chi connectivity index (χ0n) is 14.3. The quantitative estimate of drug-likeness (QED) is 0.861. The summed E-state index contributed by atoms with van der Waals surface area (Å²) in [4.78, 5) is 13.9. The molecule has 2 aromatic carbocycles. The minimum atomic E-state index is -0.0304. The number of nitrogens with one attached hydrogen (secondary N) is 1. The SMILES string of the molecule is CCc1ccc(CN(C)C(=O)NCCc2cccc(C)c2)cc1. The zero-order valence-corrected chi connectivity index (χ0v) is 14.3. The smallest absolute Gasteiger partial charge is 0.317 e. The van der Waals surface area contributed by atoms with Crippen molar-refractivity contribution in [1.82, 2.24) is 10.2 Å². The number of hydrogen-bond donors (Lipinski definition) is 1. The van der Waals surface area contributed by atoms with Crippen molar-refractivity contribution in [2.24, 2.45) is 0 Å². The Morgan fingerprint density at radius 3 is 2.39 bits per heavy atom. The Morgan fingerprint density at radius 2 is 1.74 bits per heavy atom. The van der Waals surface area contributed by atoms with Crippen LogP contribution in [0.5, 0.6) is 0 Å². The molecular formula is C20H26N2O. The monoisotopic (exact) mass is 310 g/mol. The van der Waals surface area contributed by atoms with Gasteiger partial charge in [-0.25, -0.2) is 4.79 Å². The number of carbonyl (C=O) groups excluding carboxylic acids is 1. The molecule has 0 unspecified atom stereocenters. The maximum Gasteiger partial charge on any atom is 0.317 e. The highest BCUT2D eigenvalue weighted by Crippen LogP contribution is 2.08. The molecule has 0 atom stereocenters. The number of carbonyl (C=O) groups is 1. The molecule has 0 saturated carbocycles. The van der Waals surface area contributed by atoms with Crippen LogP contribution >= 0.6 is 0 Å². The Morgan fingerprint density at radius 1 is 1.04 bits per heavy atom. The summed E-state index contributed by atoms with van der Waals surface area (Å²) in [5.74, 6) is 0. The zero-order chi connectivity index (χ0) is 16.7. The molecule has 0 radical (unpaired) electrons. The van der Waals surface area contributed by atoms with Crippen LogP contribution in [0.25, 0.3) is 0 Å². The van der Waals surface area contributed by atoms with Gasteiger partial charge in [-0.15, -0.1) is 0 Å². The molecule has 2 rings (SSSR count). The normalized spacial score (nSPS) is 10.4. The first-order chi connectivity index (χ1) is 11.1. The Labute approximate surface area is 139 Å². The average molecular weight is 310 g/mol. The minimum absolute atomic E-state index is 0.0304. The van der Waals surface area contributed by atoms with Crippen LogP contribution in [0.15, 0.2) is 48.5 Å². The van der Waals surface area contributed by atoms with Crippen LogP contribution in [0.1, 0.15) is 29.2 Å². The fraction of sp³-hybridized carbons (Fsp3) is 0.350. The first-order valence-electron chi connectivity index (χ1n) is 8.21. The van der Waals surface area contributed by atoms with Crippen LogP contribution in [0, 0.1) is 6.92 Å². The van der Waals surface area contributed by atoms with Crippen LogP contribution in [0.2, 0.25) is 0 Å². The van der Waals surface area contributed by atoms with Gasteiger partial charge in [-0.05, 0) is 36.5 Å². The number of rotatable bonds is 6. The van der Waals surface area contributed by atoms with Crippen molar-refractivity contribution in [1.29, 1.82) is 0 Å². The molecule has 3 heteroatoms. The van der Waals surface area contributed by atoms with Crippen molar-refractivity contribution < 1.29 is 4.79 Å². The predicted octanol–water partition coefficient (Wildman–Crippen LogP) is 3.94.